The number of rotatable bonds is 1. The van der Waals surface area contributed by atoms with E-state index in [1.54, 1.807) is 11.8 Å². The molecule has 2 heteroatoms. The first-order valence-electron chi connectivity index (χ1n) is 5.84. The smallest absolute Gasteiger partial charge is 0.200 e. The highest BCUT2D eigenvalue weighted by Gasteiger charge is 2.24. The van der Waals surface area contributed by atoms with Crippen LogP contribution in [-0.2, 0) is 0 Å². The normalized spacial score (nSPS) is 16.1. The summed E-state index contributed by atoms with van der Waals surface area (Å²) in [5.41, 5.74) is 3.11. The van der Waals surface area contributed by atoms with Crippen LogP contribution in [0.3, 0.4) is 0 Å². The summed E-state index contributed by atoms with van der Waals surface area (Å²) in [4.78, 5) is 14.1. The fraction of sp³-hybridized carbons (Fsp3) is 0.0625. The van der Waals surface area contributed by atoms with Gasteiger partial charge in [-0.1, -0.05) is 53.7 Å². The molecular formula is C16H12OS. The van der Waals surface area contributed by atoms with Crippen molar-refractivity contribution < 1.29 is 4.79 Å². The van der Waals surface area contributed by atoms with Crippen LogP contribution in [0, 0.1) is 6.92 Å². The Balaban J connectivity index is 1.99. The Morgan fingerprint density at radius 1 is 1.06 bits per heavy atom. The van der Waals surface area contributed by atoms with E-state index in [4.69, 9.17) is 0 Å². The number of allylic oxidation sites excluding steroid dienone is 1. The van der Waals surface area contributed by atoms with Gasteiger partial charge in [0.2, 0.25) is 5.78 Å². The van der Waals surface area contributed by atoms with Crippen molar-refractivity contribution in [3.8, 4) is 0 Å². The number of carbonyl (C=O) groups excluding carboxylic acids is 1. The third-order valence-electron chi connectivity index (χ3n) is 2.92. The number of benzene rings is 2. The Hall–Kier alpha value is -1.80. The molecule has 1 heterocycles. The molecule has 0 bridgehead atoms. The molecule has 0 aromatic heterocycles. The van der Waals surface area contributed by atoms with Crippen molar-refractivity contribution in [2.24, 2.45) is 0 Å². The van der Waals surface area contributed by atoms with Gasteiger partial charge in [0, 0.05) is 10.5 Å². The number of aryl methyl sites for hydroxylation is 1. The predicted octanol–water partition coefficient (Wildman–Crippen LogP) is 4.32. The SMILES string of the molecule is Cc1cccc(C=C2Sc3ccccc3C2=O)c1. The quantitative estimate of drug-likeness (QED) is 0.703. The van der Waals surface area contributed by atoms with Crippen molar-refractivity contribution in [1.29, 1.82) is 0 Å². The van der Waals surface area contributed by atoms with Crippen LogP contribution in [0.15, 0.2) is 58.3 Å². The maximum absolute atomic E-state index is 12.2. The van der Waals surface area contributed by atoms with E-state index in [9.17, 15) is 4.79 Å². The van der Waals surface area contributed by atoms with Crippen LogP contribution in [-0.4, -0.2) is 5.78 Å². The zero-order valence-corrected chi connectivity index (χ0v) is 10.8. The Morgan fingerprint density at radius 3 is 2.67 bits per heavy atom. The Morgan fingerprint density at radius 2 is 1.89 bits per heavy atom. The maximum atomic E-state index is 12.2. The molecule has 0 fully saturated rings. The number of hydrogen-bond donors (Lipinski definition) is 0. The maximum Gasteiger partial charge on any atom is 0.200 e. The minimum absolute atomic E-state index is 0.136. The number of Topliss-reactive ketones (excluding diaryl/α,β-unsaturated/α-hetero) is 1. The van der Waals surface area contributed by atoms with Gasteiger partial charge in [-0.15, -0.1) is 0 Å². The lowest BCUT2D eigenvalue weighted by molar-refractivity contribution is 0.104. The highest BCUT2D eigenvalue weighted by molar-refractivity contribution is 8.04. The largest absolute Gasteiger partial charge is 0.288 e. The summed E-state index contributed by atoms with van der Waals surface area (Å²) in [6.07, 6.45) is 1.97. The van der Waals surface area contributed by atoms with Gasteiger partial charge in [-0.25, -0.2) is 0 Å². The van der Waals surface area contributed by atoms with Crippen molar-refractivity contribution in [1.82, 2.24) is 0 Å². The molecule has 0 atom stereocenters. The van der Waals surface area contributed by atoms with E-state index in [-0.39, 0.29) is 5.78 Å². The summed E-state index contributed by atoms with van der Waals surface area (Å²) in [6, 6.07) is 15.9. The van der Waals surface area contributed by atoms with Crippen molar-refractivity contribution in [2.45, 2.75) is 11.8 Å². The second-order valence-corrected chi connectivity index (χ2v) is 5.43. The minimum atomic E-state index is 0.136. The summed E-state index contributed by atoms with van der Waals surface area (Å²) in [5, 5.41) is 0. The summed E-state index contributed by atoms with van der Waals surface area (Å²) >= 11 is 1.56. The molecule has 0 N–H and O–H groups in total. The van der Waals surface area contributed by atoms with E-state index >= 15 is 0 Å². The molecule has 0 spiro atoms. The fourth-order valence-corrected chi connectivity index (χ4v) is 3.10. The standard InChI is InChI=1S/C16H12OS/c1-11-5-4-6-12(9-11)10-15-16(17)13-7-2-3-8-14(13)18-15/h2-10H,1H3. The van der Waals surface area contributed by atoms with Gasteiger partial charge >= 0.3 is 0 Å². The molecule has 0 saturated heterocycles. The Bertz CT molecular complexity index is 656. The molecule has 88 valence electrons. The van der Waals surface area contributed by atoms with Gasteiger partial charge in [0.05, 0.1) is 4.91 Å². The first-order chi connectivity index (χ1) is 8.74. The van der Waals surface area contributed by atoms with Gasteiger partial charge in [0.25, 0.3) is 0 Å². The molecule has 3 rings (SSSR count). The summed E-state index contributed by atoms with van der Waals surface area (Å²) in [5.74, 6) is 0.136. The second-order valence-electron chi connectivity index (χ2n) is 4.35. The van der Waals surface area contributed by atoms with Crippen molar-refractivity contribution in [3.05, 3.63) is 70.1 Å². The molecule has 1 aliphatic heterocycles. The fourth-order valence-electron chi connectivity index (χ4n) is 2.05. The van der Waals surface area contributed by atoms with Gasteiger partial charge < -0.3 is 0 Å². The second kappa shape index (κ2) is 4.46. The lowest BCUT2D eigenvalue weighted by Crippen LogP contribution is -1.93. The summed E-state index contributed by atoms with van der Waals surface area (Å²) in [7, 11) is 0. The predicted molar refractivity (Wildman–Crippen MR) is 75.8 cm³/mol. The third-order valence-corrected chi connectivity index (χ3v) is 4.01. The summed E-state index contributed by atoms with van der Waals surface area (Å²) in [6.45, 7) is 2.06. The van der Waals surface area contributed by atoms with Gasteiger partial charge in [-0.3, -0.25) is 4.79 Å². The molecule has 18 heavy (non-hydrogen) atoms. The molecule has 0 radical (unpaired) electrons. The first-order valence-corrected chi connectivity index (χ1v) is 6.65. The number of ketones is 1. The average molecular weight is 252 g/mol. The lowest BCUT2D eigenvalue weighted by Gasteiger charge is -1.97. The molecular weight excluding hydrogens is 240 g/mol. The Kier molecular flexibility index (Phi) is 2.80. The van der Waals surface area contributed by atoms with E-state index < -0.39 is 0 Å². The van der Waals surface area contributed by atoms with Gasteiger partial charge in [-0.05, 0) is 30.7 Å². The number of carbonyl (C=O) groups is 1. The molecule has 0 amide bonds. The zero-order chi connectivity index (χ0) is 12.5. The molecule has 1 aliphatic rings. The lowest BCUT2D eigenvalue weighted by atomic mass is 10.1. The van der Waals surface area contributed by atoms with E-state index in [0.29, 0.717) is 0 Å². The van der Waals surface area contributed by atoms with Gasteiger partial charge in [0.15, 0.2) is 0 Å². The van der Waals surface area contributed by atoms with Gasteiger partial charge in [-0.2, -0.15) is 0 Å². The van der Waals surface area contributed by atoms with Gasteiger partial charge in [0.1, 0.15) is 0 Å². The van der Waals surface area contributed by atoms with E-state index in [1.165, 1.54) is 5.56 Å². The van der Waals surface area contributed by atoms with Crippen LogP contribution in [0.4, 0.5) is 0 Å². The molecule has 0 aliphatic carbocycles. The molecule has 0 unspecified atom stereocenters. The molecule has 0 saturated carbocycles. The van der Waals surface area contributed by atoms with E-state index in [2.05, 4.69) is 19.1 Å². The monoisotopic (exact) mass is 252 g/mol. The van der Waals surface area contributed by atoms with Crippen LogP contribution in [0.25, 0.3) is 6.08 Å². The van der Waals surface area contributed by atoms with Crippen molar-refractivity contribution in [2.75, 3.05) is 0 Å². The molecule has 1 nitrogen and oxygen atoms in total. The third kappa shape index (κ3) is 2.00. The van der Waals surface area contributed by atoms with Crippen LogP contribution in [0.5, 0.6) is 0 Å². The highest BCUT2D eigenvalue weighted by Crippen LogP contribution is 2.40. The van der Waals surface area contributed by atoms with E-state index in [0.717, 1.165) is 20.9 Å². The average Bonchev–Trinajstić information content (AvgIpc) is 2.67. The number of hydrogen-bond acceptors (Lipinski definition) is 2. The number of fused-ring (bicyclic) bond motifs is 1. The molecule has 2 aromatic rings. The van der Waals surface area contributed by atoms with Crippen LogP contribution < -0.4 is 0 Å². The van der Waals surface area contributed by atoms with E-state index in [1.807, 2.05) is 42.5 Å². The van der Waals surface area contributed by atoms with Crippen LogP contribution >= 0.6 is 11.8 Å². The molecule has 2 aromatic carbocycles. The van der Waals surface area contributed by atoms with Crippen molar-refractivity contribution in [3.63, 3.8) is 0 Å². The highest BCUT2D eigenvalue weighted by atomic mass is 32.2. The minimum Gasteiger partial charge on any atom is -0.288 e. The van der Waals surface area contributed by atoms with Crippen LogP contribution in [0.2, 0.25) is 0 Å². The zero-order valence-electron chi connectivity index (χ0n) is 10.0. The topological polar surface area (TPSA) is 17.1 Å². The van der Waals surface area contributed by atoms with Crippen LogP contribution in [0.1, 0.15) is 21.5 Å². The summed E-state index contributed by atoms with van der Waals surface area (Å²) < 4.78 is 0. The number of thioether (sulfide) groups is 1. The Labute approximate surface area is 111 Å². The van der Waals surface area contributed by atoms with Crippen molar-refractivity contribution >= 4 is 23.6 Å². The first kappa shape index (κ1) is 11.3.